The van der Waals surface area contributed by atoms with E-state index in [9.17, 15) is 5.11 Å². The predicted molar refractivity (Wildman–Crippen MR) is 66.9 cm³/mol. The molecule has 1 aromatic heterocycles. The molecule has 16 heavy (non-hydrogen) atoms. The molecule has 1 heterocycles. The monoisotopic (exact) mass is 234 g/mol. The van der Waals surface area contributed by atoms with Gasteiger partial charge in [-0.25, -0.2) is 0 Å². The Morgan fingerprint density at radius 1 is 1.38 bits per heavy atom. The molecule has 0 atom stereocenters. The average Bonchev–Trinajstić information content (AvgIpc) is 2.67. The minimum atomic E-state index is -0.0880. The molecular weight excluding hydrogens is 220 g/mol. The number of aliphatic hydroxyl groups excluding tert-OH is 1. The summed E-state index contributed by atoms with van der Waals surface area (Å²) in [6, 6.07) is 8.11. The number of hydrogen-bond acceptors (Lipinski definition) is 4. The summed E-state index contributed by atoms with van der Waals surface area (Å²) in [4.78, 5) is 0. The van der Waals surface area contributed by atoms with E-state index in [1.807, 2.05) is 18.2 Å². The third kappa shape index (κ3) is 1.49. The molecule has 3 nitrogen and oxygen atoms in total. The summed E-state index contributed by atoms with van der Waals surface area (Å²) < 4.78 is 4.39. The molecule has 0 spiro atoms. The quantitative estimate of drug-likeness (QED) is 0.858. The molecule has 0 bridgehead atoms. The summed E-state index contributed by atoms with van der Waals surface area (Å²) in [6.45, 7) is 0.208. The summed E-state index contributed by atoms with van der Waals surface area (Å²) in [5.41, 5.74) is 0.942. The number of aromatic nitrogens is 1. The summed E-state index contributed by atoms with van der Waals surface area (Å²) in [5.74, 6) is 0. The van der Waals surface area contributed by atoms with E-state index < -0.39 is 0 Å². The largest absolute Gasteiger partial charge is 0.394 e. The van der Waals surface area contributed by atoms with Gasteiger partial charge in [-0.3, -0.25) is 0 Å². The van der Waals surface area contributed by atoms with Gasteiger partial charge in [-0.05, 0) is 42.9 Å². The molecule has 0 radical (unpaired) electrons. The predicted octanol–water partition coefficient (Wildman–Crippen LogP) is 2.62. The Morgan fingerprint density at radius 3 is 2.88 bits per heavy atom. The van der Waals surface area contributed by atoms with Gasteiger partial charge in [-0.15, -0.1) is 0 Å². The molecule has 1 aromatic carbocycles. The maximum absolute atomic E-state index is 9.43. The minimum absolute atomic E-state index is 0.0880. The highest BCUT2D eigenvalue weighted by Gasteiger charge is 2.36. The first kappa shape index (κ1) is 10.1. The second kappa shape index (κ2) is 3.71. The van der Waals surface area contributed by atoms with Gasteiger partial charge in [-0.1, -0.05) is 12.1 Å². The number of anilines is 1. The highest BCUT2D eigenvalue weighted by molar-refractivity contribution is 7.11. The summed E-state index contributed by atoms with van der Waals surface area (Å²) in [7, 11) is 0. The molecule has 2 aromatic rings. The van der Waals surface area contributed by atoms with Crippen molar-refractivity contribution >= 4 is 27.4 Å². The van der Waals surface area contributed by atoms with Crippen molar-refractivity contribution in [2.45, 2.75) is 24.8 Å². The van der Waals surface area contributed by atoms with Crippen LogP contribution >= 0.6 is 11.5 Å². The Kier molecular flexibility index (Phi) is 2.33. The lowest BCUT2D eigenvalue weighted by Crippen LogP contribution is -2.48. The fourth-order valence-electron chi connectivity index (χ4n) is 2.15. The van der Waals surface area contributed by atoms with Crippen LogP contribution in [-0.2, 0) is 0 Å². The molecule has 0 aliphatic heterocycles. The van der Waals surface area contributed by atoms with Crippen LogP contribution in [0.2, 0.25) is 0 Å². The molecule has 84 valence electrons. The van der Waals surface area contributed by atoms with Crippen molar-refractivity contribution in [2.75, 3.05) is 11.9 Å². The van der Waals surface area contributed by atoms with Gasteiger partial charge in [0.25, 0.3) is 0 Å². The summed E-state index contributed by atoms with van der Waals surface area (Å²) in [6.07, 6.45) is 3.30. The Labute approximate surface area is 98.3 Å². The highest BCUT2D eigenvalue weighted by atomic mass is 32.1. The molecule has 0 saturated heterocycles. The number of benzene rings is 1. The molecule has 2 N–H and O–H groups in total. The fraction of sp³-hybridized carbons (Fsp3) is 0.417. The van der Waals surface area contributed by atoms with Crippen molar-refractivity contribution in [3.05, 3.63) is 24.3 Å². The second-order valence-electron chi connectivity index (χ2n) is 4.45. The molecule has 1 aliphatic carbocycles. The van der Waals surface area contributed by atoms with Crippen molar-refractivity contribution < 1.29 is 5.11 Å². The van der Waals surface area contributed by atoms with Crippen molar-refractivity contribution in [1.82, 2.24) is 4.37 Å². The van der Waals surface area contributed by atoms with E-state index in [1.165, 1.54) is 18.0 Å². The lowest BCUT2D eigenvalue weighted by atomic mass is 9.77. The van der Waals surface area contributed by atoms with Gasteiger partial charge >= 0.3 is 0 Å². The van der Waals surface area contributed by atoms with E-state index >= 15 is 0 Å². The van der Waals surface area contributed by atoms with Gasteiger partial charge in [0.1, 0.15) is 5.00 Å². The standard InChI is InChI=1S/C12H14N2OS/c15-8-12(6-3-7-12)13-11-9-4-1-2-5-10(9)14-16-11/h1-2,4-5,13,15H,3,6-8H2. The Balaban J connectivity index is 1.94. The van der Waals surface area contributed by atoms with Crippen LogP contribution in [0.3, 0.4) is 0 Å². The zero-order chi connectivity index (χ0) is 11.0. The normalized spacial score (nSPS) is 18.3. The molecule has 0 unspecified atom stereocenters. The van der Waals surface area contributed by atoms with Crippen molar-refractivity contribution in [3.8, 4) is 0 Å². The van der Waals surface area contributed by atoms with E-state index in [-0.39, 0.29) is 12.1 Å². The van der Waals surface area contributed by atoms with Crippen molar-refractivity contribution in [1.29, 1.82) is 0 Å². The lowest BCUT2D eigenvalue weighted by Gasteiger charge is -2.41. The van der Waals surface area contributed by atoms with Crippen LogP contribution in [-0.4, -0.2) is 21.6 Å². The summed E-state index contributed by atoms with van der Waals surface area (Å²) in [5, 5.41) is 15.1. The van der Waals surface area contributed by atoms with E-state index in [0.29, 0.717) is 0 Å². The van der Waals surface area contributed by atoms with Crippen LogP contribution in [0, 0.1) is 0 Å². The first-order valence-electron chi connectivity index (χ1n) is 5.56. The number of nitrogens with zero attached hydrogens (tertiary/aromatic N) is 1. The number of hydrogen-bond donors (Lipinski definition) is 2. The Morgan fingerprint density at radius 2 is 2.19 bits per heavy atom. The lowest BCUT2D eigenvalue weighted by molar-refractivity contribution is 0.144. The highest BCUT2D eigenvalue weighted by Crippen LogP contribution is 2.38. The van der Waals surface area contributed by atoms with Gasteiger partial charge in [-0.2, -0.15) is 4.37 Å². The molecule has 3 rings (SSSR count). The zero-order valence-electron chi connectivity index (χ0n) is 8.94. The Bertz CT molecular complexity index is 499. The van der Waals surface area contributed by atoms with E-state index in [1.54, 1.807) is 0 Å². The van der Waals surface area contributed by atoms with E-state index in [0.717, 1.165) is 28.7 Å². The number of rotatable bonds is 3. The van der Waals surface area contributed by atoms with Crippen LogP contribution in [0.5, 0.6) is 0 Å². The van der Waals surface area contributed by atoms with Crippen LogP contribution in [0.4, 0.5) is 5.00 Å². The SMILES string of the molecule is OCC1(Nc2snc3ccccc23)CCC1. The number of aliphatic hydroxyl groups is 1. The van der Waals surface area contributed by atoms with Gasteiger partial charge in [0.15, 0.2) is 0 Å². The maximum atomic E-state index is 9.43. The second-order valence-corrected chi connectivity index (χ2v) is 5.22. The molecule has 4 heteroatoms. The van der Waals surface area contributed by atoms with Crippen molar-refractivity contribution in [3.63, 3.8) is 0 Å². The molecule has 1 saturated carbocycles. The van der Waals surface area contributed by atoms with Crippen molar-refractivity contribution in [2.24, 2.45) is 0 Å². The molecule has 1 aliphatic rings. The molecule has 0 amide bonds. The number of fused-ring (bicyclic) bond motifs is 1. The van der Waals surface area contributed by atoms with Gasteiger partial charge in [0.05, 0.1) is 17.7 Å². The first-order chi connectivity index (χ1) is 7.83. The third-order valence-electron chi connectivity index (χ3n) is 3.38. The number of nitrogens with one attached hydrogen (secondary N) is 1. The van der Waals surface area contributed by atoms with E-state index in [2.05, 4.69) is 15.8 Å². The first-order valence-corrected chi connectivity index (χ1v) is 6.34. The Hall–Kier alpha value is -1.13. The zero-order valence-corrected chi connectivity index (χ0v) is 9.76. The maximum Gasteiger partial charge on any atom is 0.117 e. The minimum Gasteiger partial charge on any atom is -0.394 e. The topological polar surface area (TPSA) is 45.1 Å². The van der Waals surface area contributed by atoms with Gasteiger partial charge < -0.3 is 10.4 Å². The third-order valence-corrected chi connectivity index (χ3v) is 4.17. The molecule has 1 fully saturated rings. The fourth-order valence-corrected chi connectivity index (χ4v) is 3.03. The van der Waals surface area contributed by atoms with Gasteiger partial charge in [0.2, 0.25) is 0 Å². The van der Waals surface area contributed by atoms with Gasteiger partial charge in [0, 0.05) is 5.39 Å². The smallest absolute Gasteiger partial charge is 0.117 e. The van der Waals surface area contributed by atoms with Crippen LogP contribution in [0.25, 0.3) is 10.9 Å². The average molecular weight is 234 g/mol. The van der Waals surface area contributed by atoms with Crippen LogP contribution < -0.4 is 5.32 Å². The van der Waals surface area contributed by atoms with Crippen LogP contribution in [0.1, 0.15) is 19.3 Å². The van der Waals surface area contributed by atoms with Crippen LogP contribution in [0.15, 0.2) is 24.3 Å². The molecular formula is C12H14N2OS. The summed E-state index contributed by atoms with van der Waals surface area (Å²) >= 11 is 1.48. The van der Waals surface area contributed by atoms with E-state index in [4.69, 9.17) is 0 Å².